The fraction of sp³-hybridized carbons (Fsp3) is 0.389. The minimum Gasteiger partial charge on any atom is -0.378 e. The predicted octanol–water partition coefficient (Wildman–Crippen LogP) is 1.28. The lowest BCUT2D eigenvalue weighted by Gasteiger charge is -2.35. The number of aromatic nitrogens is 2. The highest BCUT2D eigenvalue weighted by Crippen LogP contribution is 2.22. The minimum atomic E-state index is -0.415. The highest BCUT2D eigenvalue weighted by Gasteiger charge is 2.27. The molecule has 1 aliphatic heterocycles. The Labute approximate surface area is 191 Å². The first-order valence-electron chi connectivity index (χ1n) is 9.21. The molecule has 0 radical (unpaired) electrons. The van der Waals surface area contributed by atoms with Crippen LogP contribution in [0.1, 0.15) is 0 Å². The first-order valence-corrected chi connectivity index (χ1v) is 9.21. The molecule has 0 saturated carbocycles. The Morgan fingerprint density at radius 3 is 2.70 bits per heavy atom. The van der Waals surface area contributed by atoms with E-state index in [9.17, 15) is 14.9 Å². The molecular weight excluding hydrogens is 503 g/mol. The molecule has 0 unspecified atom stereocenters. The summed E-state index contributed by atoms with van der Waals surface area (Å²) in [6.07, 6.45) is 3.49. The van der Waals surface area contributed by atoms with Gasteiger partial charge in [-0.15, -0.1) is 24.0 Å². The van der Waals surface area contributed by atoms with Crippen molar-refractivity contribution in [3.63, 3.8) is 0 Å². The molecule has 0 spiro atoms. The Bertz CT molecular complexity index is 916. The van der Waals surface area contributed by atoms with Crippen molar-refractivity contribution in [2.24, 2.45) is 12.0 Å². The highest BCUT2D eigenvalue weighted by molar-refractivity contribution is 14.0. The third-order valence-electron chi connectivity index (χ3n) is 4.56. The number of rotatable bonds is 6. The van der Waals surface area contributed by atoms with E-state index in [1.807, 2.05) is 18.1 Å². The first-order chi connectivity index (χ1) is 14.0. The molecule has 1 aliphatic rings. The third kappa shape index (κ3) is 5.58. The van der Waals surface area contributed by atoms with Gasteiger partial charge in [0, 0.05) is 52.5 Å². The molecular formula is C18H25IN8O3. The number of benzene rings is 1. The van der Waals surface area contributed by atoms with Gasteiger partial charge in [-0.2, -0.15) is 5.10 Å². The fourth-order valence-corrected chi connectivity index (χ4v) is 3.16. The van der Waals surface area contributed by atoms with Crippen LogP contribution < -0.4 is 15.5 Å². The van der Waals surface area contributed by atoms with Crippen LogP contribution in [0.5, 0.6) is 0 Å². The second-order valence-electron chi connectivity index (χ2n) is 6.51. The van der Waals surface area contributed by atoms with Crippen LogP contribution in [0.25, 0.3) is 0 Å². The fourth-order valence-electron chi connectivity index (χ4n) is 3.16. The van der Waals surface area contributed by atoms with Gasteiger partial charge >= 0.3 is 0 Å². The zero-order chi connectivity index (χ0) is 20.8. The number of halogens is 1. The van der Waals surface area contributed by atoms with Crippen molar-refractivity contribution in [2.75, 3.05) is 50.0 Å². The summed E-state index contributed by atoms with van der Waals surface area (Å²) in [6, 6.07) is 6.51. The number of aryl methyl sites for hydroxylation is 1. The second kappa shape index (κ2) is 10.8. The maximum absolute atomic E-state index is 12.5. The van der Waals surface area contributed by atoms with Gasteiger partial charge in [0.05, 0.1) is 16.8 Å². The van der Waals surface area contributed by atoms with Gasteiger partial charge in [-0.1, -0.05) is 12.1 Å². The Balaban J connectivity index is 0.00000320. The molecule has 0 aliphatic carbocycles. The number of nitro benzene ring substituents is 1. The summed E-state index contributed by atoms with van der Waals surface area (Å²) < 4.78 is 1.67. The van der Waals surface area contributed by atoms with Crippen molar-refractivity contribution in [1.82, 2.24) is 20.0 Å². The van der Waals surface area contributed by atoms with E-state index in [0.29, 0.717) is 37.8 Å². The number of carbonyl (C=O) groups excluding carboxylic acids is 1. The molecule has 12 heteroatoms. The van der Waals surface area contributed by atoms with Gasteiger partial charge in [-0.3, -0.25) is 24.6 Å². The molecule has 2 heterocycles. The quantitative estimate of drug-likeness (QED) is 0.145. The molecule has 0 bridgehead atoms. The largest absolute Gasteiger partial charge is 0.378 e. The lowest BCUT2D eigenvalue weighted by molar-refractivity contribution is -0.384. The summed E-state index contributed by atoms with van der Waals surface area (Å²) in [5, 5.41) is 21.4. The number of guanidine groups is 1. The van der Waals surface area contributed by atoms with Gasteiger partial charge < -0.3 is 20.4 Å². The molecule has 11 nitrogen and oxygen atoms in total. The molecule has 3 rings (SSSR count). The Morgan fingerprint density at radius 2 is 2.07 bits per heavy atom. The lowest BCUT2D eigenvalue weighted by atomic mass is 10.2. The van der Waals surface area contributed by atoms with Crippen LogP contribution in [0.2, 0.25) is 0 Å². The normalized spacial score (nSPS) is 14.3. The number of hydrogen-bond acceptors (Lipinski definition) is 6. The summed E-state index contributed by atoms with van der Waals surface area (Å²) in [4.78, 5) is 31.0. The maximum atomic E-state index is 12.5. The number of para-hydroxylation sites is 2. The van der Waals surface area contributed by atoms with Gasteiger partial charge in [-0.25, -0.2) is 0 Å². The van der Waals surface area contributed by atoms with Crippen LogP contribution in [0.15, 0.2) is 41.7 Å². The van der Waals surface area contributed by atoms with Crippen LogP contribution in [0, 0.1) is 10.1 Å². The Morgan fingerprint density at radius 1 is 1.30 bits per heavy atom. The molecule has 1 fully saturated rings. The lowest BCUT2D eigenvalue weighted by Crippen LogP contribution is -2.55. The number of nitro groups is 1. The van der Waals surface area contributed by atoms with Crippen molar-refractivity contribution < 1.29 is 9.72 Å². The molecule has 1 amide bonds. The topological polar surface area (TPSA) is 121 Å². The predicted molar refractivity (Wildman–Crippen MR) is 125 cm³/mol. The van der Waals surface area contributed by atoms with Crippen molar-refractivity contribution in [3.8, 4) is 0 Å². The van der Waals surface area contributed by atoms with E-state index in [2.05, 4.69) is 20.7 Å². The number of aliphatic imine (C=N–C) groups is 1. The highest BCUT2D eigenvalue weighted by atomic mass is 127. The number of nitrogens with zero attached hydrogens (tertiary/aromatic N) is 6. The first kappa shape index (κ1) is 23.4. The van der Waals surface area contributed by atoms with Crippen molar-refractivity contribution >= 4 is 52.9 Å². The summed E-state index contributed by atoms with van der Waals surface area (Å²) >= 11 is 0. The minimum absolute atomic E-state index is 0. The zero-order valence-electron chi connectivity index (χ0n) is 16.8. The maximum Gasteiger partial charge on any atom is 0.292 e. The van der Waals surface area contributed by atoms with E-state index in [4.69, 9.17) is 0 Å². The van der Waals surface area contributed by atoms with Crippen LogP contribution >= 0.6 is 24.0 Å². The molecule has 30 heavy (non-hydrogen) atoms. The zero-order valence-corrected chi connectivity index (χ0v) is 19.1. The smallest absolute Gasteiger partial charge is 0.292 e. The summed E-state index contributed by atoms with van der Waals surface area (Å²) in [5.41, 5.74) is 1.29. The summed E-state index contributed by atoms with van der Waals surface area (Å²) in [7, 11) is 3.48. The second-order valence-corrected chi connectivity index (χ2v) is 6.51. The standard InChI is InChI=1S/C18H24N8O3.HI/c1-19-18(21-8-7-20-15-5-3-4-6-16(15)26(28)29)24-9-10-25(17(27)13-24)14-11-22-23(2)12-14;/h3-6,11-12,20H,7-10,13H2,1-2H3,(H,19,21);1H. The average molecular weight is 528 g/mol. The monoisotopic (exact) mass is 528 g/mol. The van der Waals surface area contributed by atoms with E-state index in [0.717, 1.165) is 5.69 Å². The molecule has 2 N–H and O–H groups in total. The third-order valence-corrected chi connectivity index (χ3v) is 4.56. The van der Waals surface area contributed by atoms with Crippen LogP contribution in [-0.2, 0) is 11.8 Å². The molecule has 0 atom stereocenters. The van der Waals surface area contributed by atoms with E-state index in [1.54, 1.807) is 41.0 Å². The Hall–Kier alpha value is -2.90. The van der Waals surface area contributed by atoms with Gasteiger partial charge in [0.15, 0.2) is 5.96 Å². The molecule has 2 aromatic rings. The molecule has 1 saturated heterocycles. The average Bonchev–Trinajstić information content (AvgIpc) is 3.14. The van der Waals surface area contributed by atoms with Gasteiger partial charge in [0.25, 0.3) is 5.69 Å². The number of carbonyl (C=O) groups is 1. The summed E-state index contributed by atoms with van der Waals surface area (Å²) in [5.74, 6) is 0.596. The number of anilines is 2. The van der Waals surface area contributed by atoms with E-state index >= 15 is 0 Å². The van der Waals surface area contributed by atoms with Crippen molar-refractivity contribution in [1.29, 1.82) is 0 Å². The molecule has 162 valence electrons. The van der Waals surface area contributed by atoms with E-state index < -0.39 is 4.92 Å². The van der Waals surface area contributed by atoms with Crippen LogP contribution in [0.4, 0.5) is 17.1 Å². The van der Waals surface area contributed by atoms with E-state index in [-0.39, 0.29) is 42.1 Å². The van der Waals surface area contributed by atoms with Gasteiger partial charge in [-0.05, 0) is 6.07 Å². The number of hydrogen-bond donors (Lipinski definition) is 2. The SMILES string of the molecule is CN=C(NCCNc1ccccc1[N+](=O)[O-])N1CCN(c2cnn(C)c2)C(=O)C1.I. The van der Waals surface area contributed by atoms with Crippen LogP contribution in [-0.4, -0.2) is 71.2 Å². The van der Waals surface area contributed by atoms with Crippen molar-refractivity contribution in [2.45, 2.75) is 0 Å². The van der Waals surface area contributed by atoms with Crippen molar-refractivity contribution in [3.05, 3.63) is 46.8 Å². The molecule has 1 aromatic heterocycles. The van der Waals surface area contributed by atoms with Gasteiger partial charge in [0.2, 0.25) is 5.91 Å². The number of nitrogens with one attached hydrogen (secondary N) is 2. The van der Waals surface area contributed by atoms with E-state index in [1.165, 1.54) is 6.07 Å². The number of piperazine rings is 1. The molecule has 1 aromatic carbocycles. The van der Waals surface area contributed by atoms with Crippen LogP contribution in [0.3, 0.4) is 0 Å². The Kier molecular flexibility index (Phi) is 8.38. The van der Waals surface area contributed by atoms with Gasteiger partial charge in [0.1, 0.15) is 12.2 Å². The summed E-state index contributed by atoms with van der Waals surface area (Å²) in [6.45, 7) is 2.35. The number of amides is 1.